The second-order valence-corrected chi connectivity index (χ2v) is 9.76. The van der Waals surface area contributed by atoms with Crippen LogP contribution in [0.5, 0.6) is 5.75 Å². The number of methoxy groups -OCH3 is 1. The molecule has 0 radical (unpaired) electrons. The van der Waals surface area contributed by atoms with Crippen LogP contribution in [0.15, 0.2) is 30.5 Å². The van der Waals surface area contributed by atoms with Gasteiger partial charge in [0.25, 0.3) is 5.91 Å². The number of anilines is 1. The summed E-state index contributed by atoms with van der Waals surface area (Å²) in [7, 11) is 1.56. The van der Waals surface area contributed by atoms with Crippen molar-refractivity contribution in [3.05, 3.63) is 36.0 Å². The third-order valence-corrected chi connectivity index (χ3v) is 7.28. The summed E-state index contributed by atoms with van der Waals surface area (Å²) in [5, 5.41) is 12.3. The van der Waals surface area contributed by atoms with Crippen molar-refractivity contribution < 1.29 is 24.2 Å². The number of carboxylic acid groups (broad SMARTS) is 1. The lowest BCUT2D eigenvalue weighted by Crippen LogP contribution is -2.46. The Bertz CT molecular complexity index is 1320. The Morgan fingerprint density at radius 3 is 2.76 bits per heavy atom. The minimum Gasteiger partial charge on any atom is -0.494 e. The van der Waals surface area contributed by atoms with Gasteiger partial charge in [-0.3, -0.25) is 4.79 Å². The van der Waals surface area contributed by atoms with E-state index in [1.54, 1.807) is 19.2 Å². The van der Waals surface area contributed by atoms with Gasteiger partial charge in [0.1, 0.15) is 22.9 Å². The van der Waals surface area contributed by atoms with Gasteiger partial charge in [-0.25, -0.2) is 14.8 Å². The Morgan fingerprint density at radius 1 is 1.26 bits per heavy atom. The largest absolute Gasteiger partial charge is 0.494 e. The van der Waals surface area contributed by atoms with Gasteiger partial charge < -0.3 is 34.3 Å². The molecule has 2 atom stereocenters. The average Bonchev–Trinajstić information content (AvgIpc) is 3.52. The lowest BCUT2D eigenvalue weighted by Gasteiger charge is -2.31. The maximum absolute atomic E-state index is 12.6. The highest BCUT2D eigenvalue weighted by Crippen LogP contribution is 2.34. The summed E-state index contributed by atoms with van der Waals surface area (Å²) in [6, 6.07) is 7.93. The molecule has 11 heteroatoms. The fourth-order valence-electron chi connectivity index (χ4n) is 5.35. The van der Waals surface area contributed by atoms with E-state index in [0.717, 1.165) is 30.8 Å². The molecule has 202 valence electrons. The highest BCUT2D eigenvalue weighted by Gasteiger charge is 2.28. The molecule has 2 aliphatic heterocycles. The number of hydrogen-bond acceptors (Lipinski definition) is 7. The van der Waals surface area contributed by atoms with E-state index in [1.807, 2.05) is 29.8 Å². The highest BCUT2D eigenvalue weighted by atomic mass is 16.5. The van der Waals surface area contributed by atoms with Crippen LogP contribution in [0.2, 0.25) is 0 Å². The number of ether oxygens (including phenoxy) is 2. The summed E-state index contributed by atoms with van der Waals surface area (Å²) in [5.74, 6) is 1.88. The van der Waals surface area contributed by atoms with Gasteiger partial charge in [-0.2, -0.15) is 0 Å². The number of aromatic nitrogens is 3. The van der Waals surface area contributed by atoms with Gasteiger partial charge in [0.15, 0.2) is 0 Å². The van der Waals surface area contributed by atoms with Crippen LogP contribution in [0.4, 0.5) is 10.6 Å². The molecule has 1 aromatic carbocycles. The first-order chi connectivity index (χ1) is 18.4. The Morgan fingerprint density at radius 2 is 2.11 bits per heavy atom. The molecule has 0 aliphatic carbocycles. The van der Waals surface area contributed by atoms with Gasteiger partial charge in [-0.15, -0.1) is 0 Å². The molecule has 2 amide bonds. The predicted molar refractivity (Wildman–Crippen MR) is 143 cm³/mol. The van der Waals surface area contributed by atoms with Gasteiger partial charge in [0.2, 0.25) is 0 Å². The molecule has 0 bridgehead atoms. The Labute approximate surface area is 221 Å². The number of imidazole rings is 1. The molecule has 38 heavy (non-hydrogen) atoms. The molecule has 2 saturated heterocycles. The lowest BCUT2D eigenvalue weighted by atomic mass is 10.1. The van der Waals surface area contributed by atoms with E-state index >= 15 is 0 Å². The van der Waals surface area contributed by atoms with Gasteiger partial charge in [0.05, 0.1) is 38.4 Å². The predicted octanol–water partition coefficient (Wildman–Crippen LogP) is 3.22. The summed E-state index contributed by atoms with van der Waals surface area (Å²) in [6.07, 6.45) is 2.79. The summed E-state index contributed by atoms with van der Waals surface area (Å²) in [5.41, 5.74) is 2.58. The average molecular weight is 523 g/mol. The van der Waals surface area contributed by atoms with Crippen molar-refractivity contribution in [2.75, 3.05) is 44.8 Å². The molecule has 0 spiro atoms. The monoisotopic (exact) mass is 522 g/mol. The van der Waals surface area contributed by atoms with Gasteiger partial charge in [-0.1, -0.05) is 0 Å². The molecule has 2 aromatic heterocycles. The molecule has 3 aromatic rings. The zero-order valence-electron chi connectivity index (χ0n) is 22.0. The van der Waals surface area contributed by atoms with Crippen molar-refractivity contribution in [1.82, 2.24) is 24.8 Å². The number of nitrogens with one attached hydrogen (secondary N) is 1. The van der Waals surface area contributed by atoms with Crippen molar-refractivity contribution in [2.24, 2.45) is 0 Å². The van der Waals surface area contributed by atoms with E-state index in [1.165, 1.54) is 4.90 Å². The highest BCUT2D eigenvalue weighted by molar-refractivity contribution is 6.00. The van der Waals surface area contributed by atoms with Crippen molar-refractivity contribution in [3.63, 3.8) is 0 Å². The van der Waals surface area contributed by atoms with E-state index in [0.29, 0.717) is 60.5 Å². The minimum atomic E-state index is -0.964. The van der Waals surface area contributed by atoms with Crippen LogP contribution in [0.25, 0.3) is 22.4 Å². The number of carbonyl (C=O) groups excluding carboxylic acids is 1. The molecule has 4 heterocycles. The Kier molecular flexibility index (Phi) is 7.37. The number of nitrogens with zero attached hydrogens (tertiary/aromatic N) is 5. The van der Waals surface area contributed by atoms with Gasteiger partial charge in [0, 0.05) is 43.0 Å². The molecular formula is C27H34N6O5. The van der Waals surface area contributed by atoms with E-state index in [-0.39, 0.29) is 18.6 Å². The molecule has 2 aliphatic rings. The van der Waals surface area contributed by atoms with Crippen molar-refractivity contribution in [3.8, 4) is 17.1 Å². The fraction of sp³-hybridized carbons (Fsp3) is 0.481. The number of benzene rings is 1. The maximum atomic E-state index is 12.6. The summed E-state index contributed by atoms with van der Waals surface area (Å²) in [4.78, 5) is 37.6. The Balaban J connectivity index is 1.58. The molecule has 0 unspecified atom stereocenters. The van der Waals surface area contributed by atoms with Crippen LogP contribution < -0.4 is 15.0 Å². The minimum absolute atomic E-state index is 0.206. The third kappa shape index (κ3) is 4.98. The van der Waals surface area contributed by atoms with E-state index < -0.39 is 6.09 Å². The number of morpholine rings is 1. The molecular weight excluding hydrogens is 488 g/mol. The molecule has 2 fully saturated rings. The summed E-state index contributed by atoms with van der Waals surface area (Å²) in [6.45, 7) is 6.84. The zero-order chi connectivity index (χ0) is 26.8. The Hall–Kier alpha value is -3.86. The fourth-order valence-corrected chi connectivity index (χ4v) is 5.35. The zero-order valence-corrected chi connectivity index (χ0v) is 22.0. The van der Waals surface area contributed by atoms with Gasteiger partial charge in [-0.05, 0) is 51.0 Å². The van der Waals surface area contributed by atoms with Crippen LogP contribution in [-0.4, -0.2) is 88.6 Å². The van der Waals surface area contributed by atoms with Crippen molar-refractivity contribution in [1.29, 1.82) is 0 Å². The quantitative estimate of drug-likeness (QED) is 0.485. The summed E-state index contributed by atoms with van der Waals surface area (Å²) >= 11 is 0. The number of rotatable bonds is 7. The van der Waals surface area contributed by atoms with Gasteiger partial charge >= 0.3 is 6.09 Å². The normalized spacial score (nSPS) is 19.7. The van der Waals surface area contributed by atoms with Crippen LogP contribution in [0.3, 0.4) is 0 Å². The SMILES string of the molecule is CCNC(=O)c1cc(OC)c2c(c1)nc(-c1ccc(N3CCC[C@@H]3C)nc1)n2C[C@@H]1CN(C(=O)O)CCO1. The van der Waals surface area contributed by atoms with E-state index in [4.69, 9.17) is 19.4 Å². The molecule has 11 nitrogen and oxygen atoms in total. The standard InChI is InChI=1S/C27H34N6O5/c1-4-28-26(34)19-12-21-24(22(13-19)37-3)33(16-20-15-31(27(35)36)10-11-38-20)25(30-21)18-7-8-23(29-14-18)32-9-5-6-17(32)2/h7-8,12-14,17,20H,4-6,9-11,15-16H2,1-3H3,(H,28,34)(H,35,36)/t17-,20-/m0/s1. The van der Waals surface area contributed by atoms with E-state index in [9.17, 15) is 14.7 Å². The molecule has 2 N–H and O–H groups in total. The van der Waals surface area contributed by atoms with Crippen LogP contribution in [0, 0.1) is 0 Å². The van der Waals surface area contributed by atoms with Crippen LogP contribution >= 0.6 is 0 Å². The maximum Gasteiger partial charge on any atom is 0.407 e. The van der Waals surface area contributed by atoms with Crippen molar-refractivity contribution in [2.45, 2.75) is 45.4 Å². The molecule has 5 rings (SSSR count). The smallest absolute Gasteiger partial charge is 0.407 e. The first-order valence-electron chi connectivity index (χ1n) is 13.1. The lowest BCUT2D eigenvalue weighted by molar-refractivity contribution is -0.0286. The second-order valence-electron chi connectivity index (χ2n) is 9.76. The number of hydrogen-bond donors (Lipinski definition) is 2. The first kappa shape index (κ1) is 25.8. The first-order valence-corrected chi connectivity index (χ1v) is 13.1. The number of amides is 2. The number of carbonyl (C=O) groups is 2. The van der Waals surface area contributed by atoms with Crippen LogP contribution in [-0.2, 0) is 11.3 Å². The number of pyridine rings is 1. The second kappa shape index (κ2) is 10.9. The third-order valence-electron chi connectivity index (χ3n) is 7.28. The van der Waals surface area contributed by atoms with E-state index in [2.05, 4.69) is 17.1 Å². The number of fused-ring (bicyclic) bond motifs is 1. The summed E-state index contributed by atoms with van der Waals surface area (Å²) < 4.78 is 13.7. The topological polar surface area (TPSA) is 122 Å². The van der Waals surface area contributed by atoms with Crippen molar-refractivity contribution >= 4 is 28.9 Å². The van der Waals surface area contributed by atoms with Crippen LogP contribution in [0.1, 0.15) is 37.0 Å². The molecule has 0 saturated carbocycles.